The van der Waals surface area contributed by atoms with E-state index in [0.717, 1.165) is 36.8 Å². The van der Waals surface area contributed by atoms with Crippen molar-refractivity contribution in [1.29, 1.82) is 0 Å². The maximum atomic E-state index is 13.1. The van der Waals surface area contributed by atoms with Crippen LogP contribution in [-0.4, -0.2) is 26.6 Å². The highest BCUT2D eigenvalue weighted by Crippen LogP contribution is 2.45. The SMILES string of the molecule is CC(C)(C)OC(=O)c1nc(CC2(c3ccc(Cl)c(Cl)c3)CCCC2)nc(O)c1OCc1ccccc1. The number of halogens is 2. The van der Waals surface area contributed by atoms with Crippen LogP contribution in [0.25, 0.3) is 0 Å². The normalized spacial score (nSPS) is 15.0. The van der Waals surface area contributed by atoms with Gasteiger partial charge in [-0.15, -0.1) is 0 Å². The van der Waals surface area contributed by atoms with Gasteiger partial charge in [0.05, 0.1) is 10.0 Å². The fourth-order valence-corrected chi connectivity index (χ4v) is 4.94. The molecule has 6 nitrogen and oxygen atoms in total. The molecule has 0 amide bonds. The van der Waals surface area contributed by atoms with Gasteiger partial charge >= 0.3 is 5.97 Å². The summed E-state index contributed by atoms with van der Waals surface area (Å²) in [5.74, 6) is -0.821. The number of hydrogen-bond donors (Lipinski definition) is 1. The van der Waals surface area contributed by atoms with Crippen LogP contribution in [0.3, 0.4) is 0 Å². The first-order valence-electron chi connectivity index (χ1n) is 12.0. The molecule has 0 atom stereocenters. The lowest BCUT2D eigenvalue weighted by Gasteiger charge is -2.29. The molecule has 8 heteroatoms. The second-order valence-electron chi connectivity index (χ2n) is 10.2. The highest BCUT2D eigenvalue weighted by atomic mass is 35.5. The van der Waals surface area contributed by atoms with Crippen molar-refractivity contribution in [2.45, 2.75) is 70.5 Å². The van der Waals surface area contributed by atoms with Crippen molar-refractivity contribution in [1.82, 2.24) is 9.97 Å². The zero-order valence-electron chi connectivity index (χ0n) is 20.7. The van der Waals surface area contributed by atoms with Crippen molar-refractivity contribution in [3.8, 4) is 11.6 Å². The number of carbonyl (C=O) groups excluding carboxylic acids is 1. The van der Waals surface area contributed by atoms with Gasteiger partial charge in [0, 0.05) is 11.8 Å². The lowest BCUT2D eigenvalue weighted by molar-refractivity contribution is 0.00564. The first-order valence-corrected chi connectivity index (χ1v) is 12.8. The van der Waals surface area contributed by atoms with Crippen molar-refractivity contribution >= 4 is 29.2 Å². The molecular weight excluding hydrogens is 499 g/mol. The van der Waals surface area contributed by atoms with Gasteiger partial charge in [-0.1, -0.05) is 72.4 Å². The summed E-state index contributed by atoms with van der Waals surface area (Å²) >= 11 is 12.5. The fourth-order valence-electron chi connectivity index (χ4n) is 4.64. The number of ether oxygens (including phenoxy) is 2. The Hall–Kier alpha value is -2.83. The van der Waals surface area contributed by atoms with Gasteiger partial charge in [0.25, 0.3) is 5.88 Å². The van der Waals surface area contributed by atoms with Crippen LogP contribution in [-0.2, 0) is 23.2 Å². The van der Waals surface area contributed by atoms with Crippen LogP contribution in [0.5, 0.6) is 11.6 Å². The predicted molar refractivity (Wildman–Crippen MR) is 140 cm³/mol. The number of aromatic nitrogens is 2. The minimum absolute atomic E-state index is 0.0909. The van der Waals surface area contributed by atoms with Crippen LogP contribution in [0.2, 0.25) is 10.0 Å². The largest absolute Gasteiger partial charge is 0.491 e. The van der Waals surface area contributed by atoms with Gasteiger partial charge < -0.3 is 14.6 Å². The molecule has 0 radical (unpaired) electrons. The van der Waals surface area contributed by atoms with E-state index in [1.54, 1.807) is 26.8 Å². The van der Waals surface area contributed by atoms with Gasteiger partial charge in [-0.05, 0) is 56.9 Å². The standard InChI is InChI=1S/C28H30Cl2N2O4/c1-27(2,3)36-26(34)23-24(35-17-18-9-5-4-6-10-18)25(33)32-22(31-23)16-28(13-7-8-14-28)19-11-12-20(29)21(30)15-19/h4-6,9-12,15H,7-8,13-14,16-17H2,1-3H3,(H,31,32,33). The molecule has 190 valence electrons. The summed E-state index contributed by atoms with van der Waals surface area (Å²) < 4.78 is 11.4. The number of esters is 1. The molecule has 36 heavy (non-hydrogen) atoms. The Morgan fingerprint density at radius 3 is 2.36 bits per heavy atom. The third kappa shape index (κ3) is 6.11. The second-order valence-corrected chi connectivity index (χ2v) is 11.0. The van der Waals surface area contributed by atoms with Gasteiger partial charge in [-0.3, -0.25) is 0 Å². The summed E-state index contributed by atoms with van der Waals surface area (Å²) in [7, 11) is 0. The molecular formula is C28H30Cl2N2O4. The first kappa shape index (κ1) is 26.2. The Kier molecular flexibility index (Phi) is 7.76. The molecule has 0 bridgehead atoms. The Bertz CT molecular complexity index is 1240. The molecule has 0 unspecified atom stereocenters. The van der Waals surface area contributed by atoms with Crippen molar-refractivity contribution in [3.63, 3.8) is 0 Å². The zero-order chi connectivity index (χ0) is 25.9. The van der Waals surface area contributed by atoms with E-state index < -0.39 is 11.6 Å². The summed E-state index contributed by atoms with van der Waals surface area (Å²) in [6, 6.07) is 15.1. The van der Waals surface area contributed by atoms with Gasteiger partial charge in [-0.25, -0.2) is 9.78 Å². The summed E-state index contributed by atoms with van der Waals surface area (Å²) in [5.41, 5.74) is 0.798. The third-order valence-corrected chi connectivity index (χ3v) is 7.04. The van der Waals surface area contributed by atoms with Crippen molar-refractivity contribution in [3.05, 3.63) is 81.2 Å². The Balaban J connectivity index is 1.71. The fraction of sp³-hybridized carbons (Fsp3) is 0.393. The predicted octanol–water partition coefficient (Wildman–Crippen LogP) is 7.08. The van der Waals surface area contributed by atoms with E-state index in [1.165, 1.54) is 0 Å². The van der Waals surface area contributed by atoms with Gasteiger partial charge in [-0.2, -0.15) is 4.98 Å². The third-order valence-electron chi connectivity index (χ3n) is 6.30. The molecule has 1 N–H and O–H groups in total. The van der Waals surface area contributed by atoms with E-state index in [9.17, 15) is 9.90 Å². The number of aromatic hydroxyl groups is 1. The Morgan fingerprint density at radius 1 is 1.03 bits per heavy atom. The lowest BCUT2D eigenvalue weighted by atomic mass is 9.76. The maximum absolute atomic E-state index is 13.1. The van der Waals surface area contributed by atoms with Crippen LogP contribution in [0.4, 0.5) is 0 Å². The minimum Gasteiger partial charge on any atom is -0.491 e. The number of rotatable bonds is 7. The van der Waals surface area contributed by atoms with Gasteiger partial charge in [0.1, 0.15) is 18.0 Å². The van der Waals surface area contributed by atoms with Gasteiger partial charge in [0.2, 0.25) is 5.75 Å². The maximum Gasteiger partial charge on any atom is 0.361 e. The Labute approximate surface area is 221 Å². The molecule has 1 heterocycles. The highest BCUT2D eigenvalue weighted by molar-refractivity contribution is 6.42. The molecule has 0 aliphatic heterocycles. The second kappa shape index (κ2) is 10.7. The number of nitrogens with zero attached hydrogens (tertiary/aromatic N) is 2. The summed E-state index contributed by atoms with van der Waals surface area (Å²) in [6.45, 7) is 5.46. The van der Waals surface area contributed by atoms with Crippen molar-refractivity contribution in [2.75, 3.05) is 0 Å². The van der Waals surface area contributed by atoms with Crippen LogP contribution >= 0.6 is 23.2 Å². The summed E-state index contributed by atoms with van der Waals surface area (Å²) in [5, 5.41) is 11.9. The van der Waals surface area contributed by atoms with E-state index in [1.807, 2.05) is 42.5 Å². The van der Waals surface area contributed by atoms with E-state index in [0.29, 0.717) is 22.3 Å². The number of hydrogen-bond acceptors (Lipinski definition) is 6. The molecule has 0 saturated heterocycles. The molecule has 3 aromatic rings. The average Bonchev–Trinajstić information content (AvgIpc) is 3.29. The molecule has 4 rings (SSSR count). The minimum atomic E-state index is -0.749. The first-order chi connectivity index (χ1) is 17.1. The quantitative estimate of drug-likeness (QED) is 0.330. The van der Waals surface area contributed by atoms with E-state index in [4.69, 9.17) is 32.7 Å². The molecule has 1 saturated carbocycles. The van der Waals surface area contributed by atoms with Crippen molar-refractivity contribution < 1.29 is 19.4 Å². The number of carbonyl (C=O) groups is 1. The molecule has 1 aromatic heterocycles. The monoisotopic (exact) mass is 528 g/mol. The topological polar surface area (TPSA) is 81.5 Å². The van der Waals surface area contributed by atoms with E-state index in [2.05, 4.69) is 9.97 Å². The molecule has 1 aliphatic rings. The van der Waals surface area contributed by atoms with Crippen LogP contribution < -0.4 is 4.74 Å². The average molecular weight is 529 g/mol. The Morgan fingerprint density at radius 2 is 1.72 bits per heavy atom. The molecule has 1 fully saturated rings. The molecule has 2 aromatic carbocycles. The smallest absolute Gasteiger partial charge is 0.361 e. The van der Waals surface area contributed by atoms with Crippen LogP contribution in [0.1, 0.15) is 73.9 Å². The number of benzene rings is 2. The zero-order valence-corrected chi connectivity index (χ0v) is 22.2. The summed E-state index contributed by atoms with van der Waals surface area (Å²) in [6.07, 6.45) is 4.33. The van der Waals surface area contributed by atoms with E-state index >= 15 is 0 Å². The van der Waals surface area contributed by atoms with E-state index in [-0.39, 0.29) is 29.3 Å². The summed E-state index contributed by atoms with van der Waals surface area (Å²) in [4.78, 5) is 22.1. The van der Waals surface area contributed by atoms with Crippen LogP contribution in [0, 0.1) is 0 Å². The molecule has 0 spiro atoms. The highest BCUT2D eigenvalue weighted by Gasteiger charge is 2.38. The molecule has 1 aliphatic carbocycles. The lowest BCUT2D eigenvalue weighted by Crippen LogP contribution is -2.28. The van der Waals surface area contributed by atoms with Crippen molar-refractivity contribution in [2.24, 2.45) is 0 Å². The van der Waals surface area contributed by atoms with Crippen LogP contribution in [0.15, 0.2) is 48.5 Å². The van der Waals surface area contributed by atoms with Gasteiger partial charge in [0.15, 0.2) is 5.69 Å².